The van der Waals surface area contributed by atoms with E-state index in [4.69, 9.17) is 36.7 Å². The summed E-state index contributed by atoms with van der Waals surface area (Å²) in [6, 6.07) is 0. The molecule has 0 aromatic heterocycles. The molecule has 0 rings (SSSR count). The van der Waals surface area contributed by atoms with Crippen molar-refractivity contribution in [2.45, 2.75) is 92.0 Å². The van der Waals surface area contributed by atoms with Crippen LogP contribution in [0.2, 0.25) is 0 Å². The van der Waals surface area contributed by atoms with Crippen LogP contribution in [0.15, 0.2) is 0 Å². The Bertz CT molecular complexity index is 473. The molecule has 0 aliphatic rings. The SMILES string of the molecule is CC(C)O[Si](O)(COCC(O)COCCOCC(O)COC[Si](O)(OC(C)C)OC(C)C)OC(C)C. The Morgan fingerprint density at radius 1 is 0.472 bits per heavy atom. The molecule has 0 aromatic carbocycles. The van der Waals surface area contributed by atoms with Crippen molar-refractivity contribution in [1.82, 2.24) is 0 Å². The number of aliphatic hydroxyl groups is 2. The molecule has 0 bridgehead atoms. The summed E-state index contributed by atoms with van der Waals surface area (Å²) in [6.45, 7) is 14.7. The van der Waals surface area contributed by atoms with Gasteiger partial charge < -0.3 is 56.5 Å². The molecule has 4 N–H and O–H groups in total. The summed E-state index contributed by atoms with van der Waals surface area (Å²) in [4.78, 5) is 21.1. The fourth-order valence-corrected chi connectivity index (χ4v) is 7.05. The first-order valence-electron chi connectivity index (χ1n) is 12.5. The molecular weight excluding hydrogens is 512 g/mol. The Labute approximate surface area is 218 Å². The molecule has 2 atom stereocenters. The van der Waals surface area contributed by atoms with E-state index in [1.807, 2.05) is 0 Å². The number of hydrogen-bond acceptors (Lipinski definition) is 12. The quantitative estimate of drug-likeness (QED) is 0.101. The molecule has 12 nitrogen and oxygen atoms in total. The van der Waals surface area contributed by atoms with Crippen LogP contribution in [-0.4, -0.2) is 126 Å². The smallest absolute Gasteiger partial charge is 0.388 e. The van der Waals surface area contributed by atoms with Gasteiger partial charge in [0, 0.05) is 24.4 Å². The van der Waals surface area contributed by atoms with Crippen molar-refractivity contribution in [2.75, 3.05) is 52.1 Å². The molecule has 0 spiro atoms. The lowest BCUT2D eigenvalue weighted by atomic mass is 10.4. The van der Waals surface area contributed by atoms with Gasteiger partial charge in [-0.25, -0.2) is 0 Å². The topological polar surface area (TPSA) is 155 Å². The molecule has 0 fully saturated rings. The van der Waals surface area contributed by atoms with Gasteiger partial charge in [0.25, 0.3) is 0 Å². The predicted molar refractivity (Wildman–Crippen MR) is 136 cm³/mol. The summed E-state index contributed by atoms with van der Waals surface area (Å²) in [7, 11) is -6.98. The van der Waals surface area contributed by atoms with Crippen LogP contribution in [0.4, 0.5) is 0 Å². The third-order valence-corrected chi connectivity index (χ3v) is 8.36. The van der Waals surface area contributed by atoms with E-state index in [0.29, 0.717) is 0 Å². The van der Waals surface area contributed by atoms with Gasteiger partial charge in [-0.1, -0.05) is 0 Å². The van der Waals surface area contributed by atoms with E-state index >= 15 is 0 Å². The highest BCUT2D eigenvalue weighted by Crippen LogP contribution is 2.12. The van der Waals surface area contributed by atoms with Crippen molar-refractivity contribution in [3.63, 3.8) is 0 Å². The average Bonchev–Trinajstić information content (AvgIpc) is 2.67. The van der Waals surface area contributed by atoms with Gasteiger partial charge in [0.05, 0.1) is 39.6 Å². The first-order chi connectivity index (χ1) is 16.7. The van der Waals surface area contributed by atoms with Crippen LogP contribution in [0.3, 0.4) is 0 Å². The minimum atomic E-state index is -3.49. The number of hydrogen-bond donors (Lipinski definition) is 4. The molecule has 0 aromatic rings. The molecule has 14 heteroatoms. The molecule has 2 unspecified atom stereocenters. The number of rotatable bonds is 23. The lowest BCUT2D eigenvalue weighted by molar-refractivity contribution is -0.0551. The second kappa shape index (κ2) is 19.1. The Morgan fingerprint density at radius 2 is 0.722 bits per heavy atom. The van der Waals surface area contributed by atoms with Gasteiger partial charge in [0.15, 0.2) is 0 Å². The normalized spacial score (nSPS) is 15.0. The maximum Gasteiger partial charge on any atom is 0.525 e. The molecule has 218 valence electrons. The van der Waals surface area contributed by atoms with E-state index in [0.717, 1.165) is 0 Å². The van der Waals surface area contributed by atoms with E-state index in [9.17, 15) is 19.8 Å². The van der Waals surface area contributed by atoms with Crippen molar-refractivity contribution in [3.8, 4) is 0 Å². The van der Waals surface area contributed by atoms with Crippen molar-refractivity contribution < 1.29 is 56.5 Å². The van der Waals surface area contributed by atoms with Crippen molar-refractivity contribution in [3.05, 3.63) is 0 Å². The third kappa shape index (κ3) is 20.0. The van der Waals surface area contributed by atoms with Crippen LogP contribution < -0.4 is 0 Å². The Balaban J connectivity index is 4.00. The fraction of sp³-hybridized carbons (Fsp3) is 1.00. The van der Waals surface area contributed by atoms with Crippen LogP contribution >= 0.6 is 0 Å². The Morgan fingerprint density at radius 3 is 0.972 bits per heavy atom. The summed E-state index contributed by atoms with van der Waals surface area (Å²) >= 11 is 0. The molecule has 0 aliphatic heterocycles. The minimum absolute atomic E-state index is 0.0139. The molecule has 0 amide bonds. The molecule has 0 heterocycles. The van der Waals surface area contributed by atoms with Gasteiger partial charge in [-0.3, -0.25) is 0 Å². The summed E-state index contributed by atoms with van der Waals surface area (Å²) in [5, 5.41) is 20.0. The summed E-state index contributed by atoms with van der Waals surface area (Å²) in [5.74, 6) is 0. The molecule has 0 radical (unpaired) electrons. The summed E-state index contributed by atoms with van der Waals surface area (Å²) in [6.07, 6.45) is -2.92. The van der Waals surface area contributed by atoms with Crippen molar-refractivity contribution in [2.24, 2.45) is 0 Å². The van der Waals surface area contributed by atoms with Crippen LogP contribution in [-0.2, 0) is 36.7 Å². The van der Waals surface area contributed by atoms with Crippen molar-refractivity contribution >= 4 is 17.6 Å². The first-order valence-corrected chi connectivity index (χ1v) is 16.4. The molecule has 0 saturated heterocycles. The lowest BCUT2D eigenvalue weighted by Gasteiger charge is -2.28. The highest BCUT2D eigenvalue weighted by atomic mass is 28.4. The minimum Gasteiger partial charge on any atom is -0.388 e. The predicted octanol–water partition coefficient (Wildman–Crippen LogP) is 0.415. The third-order valence-electron chi connectivity index (χ3n) is 3.86. The summed E-state index contributed by atoms with van der Waals surface area (Å²) in [5.41, 5.74) is 0. The molecule has 0 aliphatic carbocycles. The molecular formula is C22H50O12Si2. The highest BCUT2D eigenvalue weighted by Gasteiger charge is 2.41. The van der Waals surface area contributed by atoms with Crippen LogP contribution in [0.1, 0.15) is 55.4 Å². The van der Waals surface area contributed by atoms with Crippen LogP contribution in [0.25, 0.3) is 0 Å². The van der Waals surface area contributed by atoms with Gasteiger partial charge in [-0.05, 0) is 55.4 Å². The zero-order valence-corrected chi connectivity index (χ0v) is 25.2. The van der Waals surface area contributed by atoms with E-state index in [-0.39, 0.29) is 76.5 Å². The van der Waals surface area contributed by atoms with E-state index in [1.54, 1.807) is 55.4 Å². The fourth-order valence-electron chi connectivity index (χ4n) is 2.97. The van der Waals surface area contributed by atoms with Gasteiger partial charge >= 0.3 is 17.6 Å². The van der Waals surface area contributed by atoms with Gasteiger partial charge in [-0.2, -0.15) is 0 Å². The van der Waals surface area contributed by atoms with Crippen LogP contribution in [0, 0.1) is 0 Å². The van der Waals surface area contributed by atoms with Gasteiger partial charge in [0.2, 0.25) is 0 Å². The Hall–Kier alpha value is -0.0462. The molecule has 36 heavy (non-hydrogen) atoms. The Kier molecular flexibility index (Phi) is 19.1. The highest BCUT2D eigenvalue weighted by molar-refractivity contribution is 6.59. The zero-order valence-electron chi connectivity index (χ0n) is 23.2. The number of aliphatic hydroxyl groups excluding tert-OH is 2. The maximum atomic E-state index is 10.5. The maximum absolute atomic E-state index is 10.5. The van der Waals surface area contributed by atoms with Crippen LogP contribution in [0.5, 0.6) is 0 Å². The second-order valence-corrected chi connectivity index (χ2v) is 14.0. The lowest BCUT2D eigenvalue weighted by Crippen LogP contribution is -2.51. The monoisotopic (exact) mass is 562 g/mol. The zero-order chi connectivity index (χ0) is 27.8. The largest absolute Gasteiger partial charge is 0.525 e. The average molecular weight is 563 g/mol. The van der Waals surface area contributed by atoms with E-state index in [2.05, 4.69) is 0 Å². The van der Waals surface area contributed by atoms with Crippen molar-refractivity contribution in [1.29, 1.82) is 0 Å². The van der Waals surface area contributed by atoms with E-state index in [1.165, 1.54) is 0 Å². The van der Waals surface area contributed by atoms with E-state index < -0.39 is 29.8 Å². The molecule has 0 saturated carbocycles. The van der Waals surface area contributed by atoms with Gasteiger partial charge in [0.1, 0.15) is 24.7 Å². The standard InChI is InChI=1S/C22H50O12Si2/c1-17(2)31-35(25,32-18(3)4)15-29-13-21(23)11-27-9-10-28-12-22(24)14-30-16-36(26,33-19(5)6)34-20(7)8/h17-26H,9-16H2,1-8H3. The summed E-state index contributed by atoms with van der Waals surface area (Å²) < 4.78 is 43.5. The number of ether oxygens (including phenoxy) is 4. The van der Waals surface area contributed by atoms with Gasteiger partial charge in [-0.15, -0.1) is 0 Å². The first kappa shape index (κ1) is 36.0. The second-order valence-electron chi connectivity index (χ2n) is 9.58.